The van der Waals surface area contributed by atoms with Gasteiger partial charge in [0.2, 0.25) is 10.0 Å². The summed E-state index contributed by atoms with van der Waals surface area (Å²) in [5.41, 5.74) is 0. The predicted molar refractivity (Wildman–Crippen MR) is 81.8 cm³/mol. The molecule has 0 aliphatic carbocycles. The monoisotopic (exact) mass is 385 g/mol. The molecule has 0 saturated carbocycles. The lowest BCUT2D eigenvalue weighted by Crippen LogP contribution is -2.35. The molecule has 1 aromatic rings. The van der Waals surface area contributed by atoms with Crippen LogP contribution in [0.1, 0.15) is 19.8 Å². The third kappa shape index (κ3) is 4.33. The molecule has 0 fully saturated rings. The van der Waals surface area contributed by atoms with E-state index in [0.717, 1.165) is 0 Å². The number of ether oxygens (including phenoxy) is 1. The summed E-state index contributed by atoms with van der Waals surface area (Å²) in [6, 6.07) is 2.55. The average molecular weight is 387 g/mol. The highest BCUT2D eigenvalue weighted by Crippen LogP contribution is 2.35. The molecule has 0 saturated heterocycles. The van der Waals surface area contributed by atoms with Gasteiger partial charge in [0.25, 0.3) is 0 Å². The van der Waals surface area contributed by atoms with Gasteiger partial charge in [0.05, 0.1) is 11.6 Å². The minimum atomic E-state index is -3.78. The van der Waals surface area contributed by atoms with Crippen LogP contribution in [0.2, 0.25) is 5.02 Å². The zero-order valence-electron chi connectivity index (χ0n) is 11.2. The van der Waals surface area contributed by atoms with Gasteiger partial charge < -0.3 is 9.84 Å². The maximum Gasteiger partial charge on any atom is 0.244 e. The van der Waals surface area contributed by atoms with Crippen molar-refractivity contribution >= 4 is 37.6 Å². The second-order valence-corrected chi connectivity index (χ2v) is 7.13. The third-order valence-corrected chi connectivity index (χ3v) is 5.09. The number of hydrogen-bond acceptors (Lipinski definition) is 4. The molecular weight excluding hydrogens is 370 g/mol. The molecule has 0 heterocycles. The topological polar surface area (TPSA) is 75.6 Å². The highest BCUT2D eigenvalue weighted by Gasteiger charge is 2.24. The molecule has 0 spiro atoms. The van der Waals surface area contributed by atoms with Gasteiger partial charge in [-0.3, -0.25) is 0 Å². The zero-order valence-corrected chi connectivity index (χ0v) is 14.3. The number of hydrogen-bond donors (Lipinski definition) is 2. The Morgan fingerprint density at radius 2 is 2.15 bits per heavy atom. The van der Waals surface area contributed by atoms with E-state index in [4.69, 9.17) is 21.4 Å². The molecule has 0 radical (unpaired) electrons. The average Bonchev–Trinajstić information content (AvgIpc) is 2.37. The van der Waals surface area contributed by atoms with Gasteiger partial charge in [0.1, 0.15) is 4.90 Å². The molecule has 1 atom stereocenters. The first-order valence-corrected chi connectivity index (χ1v) is 8.67. The molecule has 1 aromatic carbocycles. The van der Waals surface area contributed by atoms with Gasteiger partial charge in [-0.25, -0.2) is 13.1 Å². The predicted octanol–water partition coefficient (Wildman–Crippen LogP) is 2.55. The van der Waals surface area contributed by atoms with Crippen molar-refractivity contribution in [1.29, 1.82) is 0 Å². The highest BCUT2D eigenvalue weighted by molar-refractivity contribution is 9.10. The summed E-state index contributed by atoms with van der Waals surface area (Å²) < 4.78 is 32.9. The Bertz CT molecular complexity index is 565. The van der Waals surface area contributed by atoms with Crippen LogP contribution in [0.15, 0.2) is 21.5 Å². The lowest BCUT2D eigenvalue weighted by atomic mass is 10.2. The molecular formula is C12H17BrClNO4S. The third-order valence-electron chi connectivity index (χ3n) is 2.76. The summed E-state index contributed by atoms with van der Waals surface area (Å²) in [5.74, 6) is 0.195. The second kappa shape index (κ2) is 7.61. The SMILES string of the molecule is CCC(CCO)NS(=O)(=O)c1cc(Cl)cc(Br)c1OC. The molecule has 5 nitrogen and oxygen atoms in total. The molecule has 0 bridgehead atoms. The Morgan fingerprint density at radius 3 is 2.65 bits per heavy atom. The van der Waals surface area contributed by atoms with Crippen molar-refractivity contribution in [2.45, 2.75) is 30.7 Å². The van der Waals surface area contributed by atoms with Crippen LogP contribution in [0.3, 0.4) is 0 Å². The van der Waals surface area contributed by atoms with E-state index in [1.807, 2.05) is 6.92 Å². The number of halogens is 2. The molecule has 8 heteroatoms. The van der Waals surface area contributed by atoms with Crippen molar-refractivity contribution in [3.05, 3.63) is 21.6 Å². The molecule has 0 aliphatic heterocycles. The number of sulfonamides is 1. The molecule has 0 amide bonds. The standard InChI is InChI=1S/C12H17BrClNO4S/c1-3-9(4-5-16)15-20(17,18)11-7-8(14)6-10(13)12(11)19-2/h6-7,9,15-16H,3-5H2,1-2H3. The number of nitrogens with one attached hydrogen (secondary N) is 1. The summed E-state index contributed by atoms with van der Waals surface area (Å²) in [6.45, 7) is 1.76. The van der Waals surface area contributed by atoms with Crippen LogP contribution >= 0.6 is 27.5 Å². The minimum Gasteiger partial charge on any atom is -0.494 e. The van der Waals surface area contributed by atoms with Crippen LogP contribution in [-0.2, 0) is 10.0 Å². The van der Waals surface area contributed by atoms with Gasteiger partial charge in [-0.15, -0.1) is 0 Å². The van der Waals surface area contributed by atoms with Crippen LogP contribution in [0.5, 0.6) is 5.75 Å². The van der Waals surface area contributed by atoms with Gasteiger partial charge in [0, 0.05) is 17.7 Å². The van der Waals surface area contributed by atoms with Crippen molar-refractivity contribution in [2.24, 2.45) is 0 Å². The normalized spacial score (nSPS) is 13.2. The van der Waals surface area contributed by atoms with E-state index in [9.17, 15) is 8.42 Å². The fraction of sp³-hybridized carbons (Fsp3) is 0.500. The Morgan fingerprint density at radius 1 is 1.50 bits per heavy atom. The summed E-state index contributed by atoms with van der Waals surface area (Å²) in [7, 11) is -2.40. The number of aliphatic hydroxyl groups is 1. The quantitative estimate of drug-likeness (QED) is 0.755. The molecule has 1 unspecified atom stereocenters. The Kier molecular flexibility index (Phi) is 6.74. The molecule has 114 valence electrons. The van der Waals surface area contributed by atoms with Crippen molar-refractivity contribution in [3.8, 4) is 5.75 Å². The summed E-state index contributed by atoms with van der Waals surface area (Å²) >= 11 is 9.12. The molecule has 2 N–H and O–H groups in total. The minimum absolute atomic E-state index is 0.0317. The summed E-state index contributed by atoms with van der Waals surface area (Å²) in [4.78, 5) is -0.0317. The molecule has 20 heavy (non-hydrogen) atoms. The van der Waals surface area contributed by atoms with Crippen molar-refractivity contribution in [3.63, 3.8) is 0 Å². The van der Waals surface area contributed by atoms with Crippen molar-refractivity contribution in [2.75, 3.05) is 13.7 Å². The van der Waals surface area contributed by atoms with E-state index >= 15 is 0 Å². The molecule has 0 aromatic heterocycles. The van der Waals surface area contributed by atoms with Gasteiger partial charge in [0.15, 0.2) is 5.75 Å². The Balaban J connectivity index is 3.21. The highest BCUT2D eigenvalue weighted by atomic mass is 79.9. The molecule has 1 rings (SSSR count). The summed E-state index contributed by atoms with van der Waals surface area (Å²) in [6.07, 6.45) is 0.920. The van der Waals surface area contributed by atoms with Crippen LogP contribution in [0.4, 0.5) is 0 Å². The first kappa shape index (κ1) is 17.7. The van der Waals surface area contributed by atoms with Crippen molar-refractivity contribution < 1.29 is 18.3 Å². The van der Waals surface area contributed by atoms with E-state index in [1.54, 1.807) is 6.07 Å². The second-order valence-electron chi connectivity index (χ2n) is 4.16. The van der Waals surface area contributed by atoms with Gasteiger partial charge in [-0.2, -0.15) is 0 Å². The summed E-state index contributed by atoms with van der Waals surface area (Å²) in [5, 5.41) is 9.22. The fourth-order valence-electron chi connectivity index (χ4n) is 1.72. The number of methoxy groups -OCH3 is 1. The van der Waals surface area contributed by atoms with Crippen LogP contribution < -0.4 is 9.46 Å². The zero-order chi connectivity index (χ0) is 15.3. The van der Waals surface area contributed by atoms with E-state index in [2.05, 4.69) is 20.7 Å². The largest absolute Gasteiger partial charge is 0.494 e. The molecule has 0 aliphatic rings. The number of rotatable bonds is 7. The van der Waals surface area contributed by atoms with Gasteiger partial charge in [-0.1, -0.05) is 18.5 Å². The Hall–Kier alpha value is -0.340. The van der Waals surface area contributed by atoms with E-state index in [-0.39, 0.29) is 28.3 Å². The maximum atomic E-state index is 12.4. The maximum absolute atomic E-state index is 12.4. The smallest absolute Gasteiger partial charge is 0.244 e. The number of benzene rings is 1. The van der Waals surface area contributed by atoms with E-state index in [0.29, 0.717) is 17.3 Å². The van der Waals surface area contributed by atoms with Crippen LogP contribution in [0, 0.1) is 0 Å². The fourth-order valence-corrected chi connectivity index (χ4v) is 4.46. The first-order chi connectivity index (χ1) is 9.35. The first-order valence-electron chi connectivity index (χ1n) is 6.02. The van der Waals surface area contributed by atoms with E-state index in [1.165, 1.54) is 13.2 Å². The van der Waals surface area contributed by atoms with Crippen LogP contribution in [-0.4, -0.2) is 33.3 Å². The number of aliphatic hydroxyl groups excluding tert-OH is 1. The van der Waals surface area contributed by atoms with Gasteiger partial charge in [-0.05, 0) is 40.9 Å². The van der Waals surface area contributed by atoms with Gasteiger partial charge >= 0.3 is 0 Å². The Labute approximate surface area is 132 Å². The lowest BCUT2D eigenvalue weighted by molar-refractivity contribution is 0.270. The van der Waals surface area contributed by atoms with E-state index < -0.39 is 10.0 Å². The van der Waals surface area contributed by atoms with Crippen molar-refractivity contribution in [1.82, 2.24) is 4.72 Å². The van der Waals surface area contributed by atoms with Crippen LogP contribution in [0.25, 0.3) is 0 Å². The lowest BCUT2D eigenvalue weighted by Gasteiger charge is -2.18.